The number of alkyl halides is 1. The van der Waals surface area contributed by atoms with Crippen molar-refractivity contribution in [1.29, 1.82) is 0 Å². The van der Waals surface area contributed by atoms with Crippen LogP contribution in [0.25, 0.3) is 0 Å². The fourth-order valence-electron chi connectivity index (χ4n) is 1.32. The Kier molecular flexibility index (Phi) is 3.28. The topological polar surface area (TPSA) is 6.48 Å². The summed E-state index contributed by atoms with van der Waals surface area (Å²) in [6.07, 6.45) is 0. The molecule has 1 saturated heterocycles. The van der Waals surface area contributed by atoms with E-state index in [1.54, 1.807) is 0 Å². The third kappa shape index (κ3) is 1.61. The Balaban J connectivity index is 2.94. The van der Waals surface area contributed by atoms with Gasteiger partial charge in [-0.1, -0.05) is 11.6 Å². The van der Waals surface area contributed by atoms with E-state index in [2.05, 4.69) is 0 Å². The summed E-state index contributed by atoms with van der Waals surface area (Å²) in [5, 5.41) is 0. The van der Waals surface area contributed by atoms with Crippen molar-refractivity contribution >= 4 is 50.8 Å². The SMILES string of the molecule is CN1CCN(C)C1(Cl)[Si](Cl)(Cl)Cl. The molecule has 0 spiro atoms. The second-order valence-electron chi connectivity index (χ2n) is 2.93. The van der Waals surface area contributed by atoms with Crippen LogP contribution in [0.4, 0.5) is 0 Å². The Morgan fingerprint density at radius 2 is 1.42 bits per heavy atom. The smallest absolute Gasteiger partial charge is 0.274 e. The number of halogens is 4. The third-order valence-corrected chi connectivity index (χ3v) is 8.30. The van der Waals surface area contributed by atoms with E-state index in [1.807, 2.05) is 23.9 Å². The van der Waals surface area contributed by atoms with Crippen LogP contribution in [0.15, 0.2) is 0 Å². The highest BCUT2D eigenvalue weighted by atomic mass is 35.8. The summed E-state index contributed by atoms with van der Waals surface area (Å²) in [6, 6.07) is -2.94. The molecule has 12 heavy (non-hydrogen) atoms. The molecule has 1 heterocycles. The number of likely N-dealkylation sites (N-methyl/N-ethyl adjacent to an activating group) is 2. The summed E-state index contributed by atoms with van der Waals surface area (Å²) in [5.74, 6) is 0. The first kappa shape index (κ1) is 11.4. The van der Waals surface area contributed by atoms with Gasteiger partial charge in [-0.05, 0) is 14.1 Å². The molecule has 1 aliphatic rings. The van der Waals surface area contributed by atoms with Crippen LogP contribution in [-0.4, -0.2) is 47.7 Å². The molecule has 0 atom stereocenters. The van der Waals surface area contributed by atoms with Crippen molar-refractivity contribution in [2.24, 2.45) is 0 Å². The molecule has 0 bridgehead atoms. The summed E-state index contributed by atoms with van der Waals surface area (Å²) in [4.78, 5) is 3.77. The lowest BCUT2D eigenvalue weighted by Gasteiger charge is -2.38. The van der Waals surface area contributed by atoms with Crippen LogP contribution in [0.3, 0.4) is 0 Å². The van der Waals surface area contributed by atoms with Gasteiger partial charge < -0.3 is 0 Å². The molecule has 0 saturated carbocycles. The van der Waals surface area contributed by atoms with Gasteiger partial charge in [0.25, 0.3) is 0 Å². The normalized spacial score (nSPS) is 26.5. The number of rotatable bonds is 1. The van der Waals surface area contributed by atoms with Gasteiger partial charge in [0, 0.05) is 13.1 Å². The quantitative estimate of drug-likeness (QED) is 0.310. The molecule has 0 N–H and O–H groups in total. The molecule has 0 amide bonds. The van der Waals surface area contributed by atoms with Crippen LogP contribution in [0.1, 0.15) is 0 Å². The predicted octanol–water partition coefficient (Wildman–Crippen LogP) is 1.95. The third-order valence-electron chi connectivity index (χ3n) is 2.14. The lowest BCUT2D eigenvalue weighted by atomic mass is 10.6. The Morgan fingerprint density at radius 1 is 1.08 bits per heavy atom. The minimum atomic E-state index is -2.94. The predicted molar refractivity (Wildman–Crippen MR) is 57.2 cm³/mol. The monoisotopic (exact) mass is 266 g/mol. The second kappa shape index (κ2) is 3.46. The summed E-state index contributed by atoms with van der Waals surface area (Å²) in [6.45, 7) is 1.67. The zero-order valence-corrected chi connectivity index (χ0v) is 10.8. The Morgan fingerprint density at radius 3 is 1.58 bits per heavy atom. The Hall–Kier alpha value is 1.30. The molecule has 2 nitrogen and oxygen atoms in total. The van der Waals surface area contributed by atoms with Gasteiger partial charge in [-0.2, -0.15) is 0 Å². The van der Waals surface area contributed by atoms with Gasteiger partial charge in [0.15, 0.2) is 4.75 Å². The minimum Gasteiger partial charge on any atom is -0.274 e. The van der Waals surface area contributed by atoms with Crippen molar-refractivity contribution in [3.05, 3.63) is 0 Å². The molecular weight excluding hydrogens is 258 g/mol. The first-order valence-corrected chi connectivity index (χ1v) is 8.89. The van der Waals surface area contributed by atoms with Crippen LogP contribution in [0.2, 0.25) is 0 Å². The van der Waals surface area contributed by atoms with Gasteiger partial charge in [0.2, 0.25) is 0 Å². The summed E-state index contributed by atoms with van der Waals surface area (Å²) in [5.41, 5.74) is 0. The lowest BCUT2D eigenvalue weighted by Crippen LogP contribution is -2.58. The van der Waals surface area contributed by atoms with Crippen LogP contribution < -0.4 is 0 Å². The van der Waals surface area contributed by atoms with E-state index in [1.165, 1.54) is 0 Å². The van der Waals surface area contributed by atoms with Crippen molar-refractivity contribution in [3.63, 3.8) is 0 Å². The fourth-order valence-corrected chi connectivity index (χ4v) is 5.18. The number of hydrogen-bond donors (Lipinski definition) is 0. The van der Waals surface area contributed by atoms with E-state index in [-0.39, 0.29) is 0 Å². The molecular formula is C5H10Cl4N2Si. The zero-order chi connectivity index (χ0) is 9.57. The molecule has 72 valence electrons. The molecule has 1 aliphatic heterocycles. The highest BCUT2D eigenvalue weighted by Crippen LogP contribution is 2.44. The Labute approximate surface area is 92.4 Å². The van der Waals surface area contributed by atoms with E-state index in [4.69, 9.17) is 44.8 Å². The van der Waals surface area contributed by atoms with Crippen LogP contribution in [0, 0.1) is 0 Å². The van der Waals surface area contributed by atoms with E-state index in [0.29, 0.717) is 0 Å². The van der Waals surface area contributed by atoms with Crippen molar-refractivity contribution < 1.29 is 0 Å². The fraction of sp³-hybridized carbons (Fsp3) is 1.00. The molecule has 0 radical (unpaired) electrons. The molecule has 1 rings (SSSR count). The van der Waals surface area contributed by atoms with E-state index >= 15 is 0 Å². The maximum Gasteiger partial charge on any atom is 0.392 e. The van der Waals surface area contributed by atoms with Gasteiger partial charge in [-0.15, -0.1) is 33.2 Å². The zero-order valence-electron chi connectivity index (χ0n) is 6.82. The standard InChI is InChI=1S/C5H10Cl4N2Si/c1-10-3-4-11(2)5(10,6)12(7,8)9/h3-4H2,1-2H3. The first-order chi connectivity index (χ1) is 5.30. The van der Waals surface area contributed by atoms with Crippen molar-refractivity contribution in [1.82, 2.24) is 9.80 Å². The molecule has 7 heteroatoms. The highest BCUT2D eigenvalue weighted by molar-refractivity contribution is 7.66. The van der Waals surface area contributed by atoms with Crippen LogP contribution in [0.5, 0.6) is 0 Å². The molecule has 0 aromatic rings. The van der Waals surface area contributed by atoms with E-state index in [9.17, 15) is 0 Å². The van der Waals surface area contributed by atoms with Crippen molar-refractivity contribution in [2.45, 2.75) is 4.75 Å². The molecule has 1 fully saturated rings. The molecule has 0 unspecified atom stereocenters. The average Bonchev–Trinajstić information content (AvgIpc) is 2.16. The summed E-state index contributed by atoms with van der Waals surface area (Å²) >= 11 is 24.0. The van der Waals surface area contributed by atoms with Gasteiger partial charge in [-0.25, -0.2) is 0 Å². The first-order valence-electron chi connectivity index (χ1n) is 3.48. The summed E-state index contributed by atoms with van der Waals surface area (Å²) in [7, 11) is 3.73. The average molecular weight is 268 g/mol. The van der Waals surface area contributed by atoms with E-state index in [0.717, 1.165) is 13.1 Å². The van der Waals surface area contributed by atoms with E-state index < -0.39 is 10.7 Å². The largest absolute Gasteiger partial charge is 0.392 e. The van der Waals surface area contributed by atoms with Gasteiger partial charge in [-0.3, -0.25) is 9.80 Å². The maximum atomic E-state index is 6.27. The Bertz CT molecular complexity index is 173. The summed E-state index contributed by atoms with van der Waals surface area (Å²) < 4.78 is -0.877. The number of nitrogens with zero attached hydrogens (tertiary/aromatic N) is 2. The van der Waals surface area contributed by atoms with Crippen molar-refractivity contribution in [3.8, 4) is 0 Å². The van der Waals surface area contributed by atoms with Crippen LogP contribution >= 0.6 is 44.8 Å². The minimum absolute atomic E-state index is 0.834. The number of hydrogen-bond acceptors (Lipinski definition) is 2. The van der Waals surface area contributed by atoms with Crippen molar-refractivity contribution in [2.75, 3.05) is 27.2 Å². The molecule has 0 aliphatic carbocycles. The highest BCUT2D eigenvalue weighted by Gasteiger charge is 2.59. The lowest BCUT2D eigenvalue weighted by molar-refractivity contribution is 0.223. The van der Waals surface area contributed by atoms with Gasteiger partial charge in [0.1, 0.15) is 0 Å². The second-order valence-corrected chi connectivity index (χ2v) is 12.3. The van der Waals surface area contributed by atoms with Gasteiger partial charge in [0.05, 0.1) is 0 Å². The molecule has 0 aromatic carbocycles. The maximum absolute atomic E-state index is 6.27. The van der Waals surface area contributed by atoms with Gasteiger partial charge >= 0.3 is 6.00 Å². The van der Waals surface area contributed by atoms with Crippen LogP contribution in [-0.2, 0) is 0 Å². The molecule has 0 aromatic heterocycles.